The molecule has 1 unspecified atom stereocenters. The summed E-state index contributed by atoms with van der Waals surface area (Å²) in [4.78, 5) is 22.9. The van der Waals surface area contributed by atoms with Crippen molar-refractivity contribution in [2.24, 2.45) is 0 Å². The van der Waals surface area contributed by atoms with Gasteiger partial charge in [-0.05, 0) is 30.4 Å². The number of hydrogen-bond donors (Lipinski definition) is 2. The number of nitrogens with one attached hydrogen (secondary N) is 1. The number of carboxylic acid groups (broad SMARTS) is 1. The van der Waals surface area contributed by atoms with Crippen LogP contribution in [0.25, 0.3) is 0 Å². The van der Waals surface area contributed by atoms with E-state index in [2.05, 4.69) is 21.2 Å². The van der Waals surface area contributed by atoms with Gasteiger partial charge in [0.15, 0.2) is 0 Å². The predicted octanol–water partition coefficient (Wildman–Crippen LogP) is 2.38. The van der Waals surface area contributed by atoms with Crippen molar-refractivity contribution < 1.29 is 14.7 Å². The van der Waals surface area contributed by atoms with Gasteiger partial charge >= 0.3 is 5.97 Å². The Labute approximate surface area is 117 Å². The normalized spacial score (nSPS) is 18.6. The summed E-state index contributed by atoms with van der Waals surface area (Å²) in [5.41, 5.74) is 0.481. The number of benzene rings is 1. The minimum Gasteiger partial charge on any atom is -0.478 e. The average Bonchev–Trinajstić information content (AvgIpc) is 2.80. The Morgan fingerprint density at radius 2 is 2.06 bits per heavy atom. The number of aromatic carboxylic acids is 1. The third-order valence-corrected chi connectivity index (χ3v) is 4.29. The quantitative estimate of drug-likeness (QED) is 0.893. The Kier molecular flexibility index (Phi) is 4.29. The van der Waals surface area contributed by atoms with E-state index in [1.54, 1.807) is 6.07 Å². The third kappa shape index (κ3) is 3.26. The monoisotopic (exact) mass is 329 g/mol. The molecule has 1 aliphatic heterocycles. The molecule has 1 aliphatic rings. The summed E-state index contributed by atoms with van der Waals surface area (Å²) in [6.45, 7) is 0. The predicted molar refractivity (Wildman–Crippen MR) is 74.3 cm³/mol. The van der Waals surface area contributed by atoms with Crippen LogP contribution in [0.5, 0.6) is 0 Å². The van der Waals surface area contributed by atoms with Crippen LogP contribution in [0.1, 0.15) is 27.1 Å². The van der Waals surface area contributed by atoms with E-state index in [1.165, 1.54) is 12.1 Å². The molecule has 0 radical (unpaired) electrons. The van der Waals surface area contributed by atoms with Crippen molar-refractivity contribution >= 4 is 39.6 Å². The van der Waals surface area contributed by atoms with Crippen LogP contribution in [0, 0.1) is 0 Å². The van der Waals surface area contributed by atoms with Crippen LogP contribution in [-0.2, 0) is 0 Å². The highest BCUT2D eigenvalue weighted by Crippen LogP contribution is 2.19. The molecular formula is C12H12BrNO3S. The van der Waals surface area contributed by atoms with Gasteiger partial charge in [-0.2, -0.15) is 11.8 Å². The topological polar surface area (TPSA) is 66.4 Å². The summed E-state index contributed by atoms with van der Waals surface area (Å²) in [5.74, 6) is 0.725. The van der Waals surface area contributed by atoms with Gasteiger partial charge in [-0.25, -0.2) is 4.79 Å². The van der Waals surface area contributed by atoms with E-state index in [0.717, 1.165) is 17.9 Å². The van der Waals surface area contributed by atoms with E-state index in [4.69, 9.17) is 5.11 Å². The highest BCUT2D eigenvalue weighted by Gasteiger charge is 2.19. The lowest BCUT2D eigenvalue weighted by Crippen LogP contribution is -2.34. The van der Waals surface area contributed by atoms with Crippen molar-refractivity contribution in [1.29, 1.82) is 0 Å². The SMILES string of the molecule is O=C(O)c1cc(Br)cc(C(=O)NC2CCSC2)c1. The van der Waals surface area contributed by atoms with Gasteiger partial charge < -0.3 is 10.4 Å². The van der Waals surface area contributed by atoms with Crippen LogP contribution in [-0.4, -0.2) is 34.5 Å². The first-order chi connectivity index (χ1) is 8.56. The molecule has 0 saturated carbocycles. The zero-order valence-electron chi connectivity index (χ0n) is 9.48. The van der Waals surface area contributed by atoms with Crippen molar-refractivity contribution in [3.63, 3.8) is 0 Å². The number of carboxylic acids is 1. The van der Waals surface area contributed by atoms with Gasteiger partial charge in [0.2, 0.25) is 0 Å². The smallest absolute Gasteiger partial charge is 0.335 e. The molecule has 2 N–H and O–H groups in total. The standard InChI is InChI=1S/C12H12BrNO3S/c13-9-4-7(3-8(5-9)12(16)17)11(15)14-10-1-2-18-6-10/h3-5,10H,1-2,6H2,(H,14,15)(H,16,17). The number of amides is 1. The maximum absolute atomic E-state index is 12.0. The van der Waals surface area contributed by atoms with Crippen molar-refractivity contribution in [2.75, 3.05) is 11.5 Å². The summed E-state index contributed by atoms with van der Waals surface area (Å²) in [7, 11) is 0. The number of rotatable bonds is 3. The molecule has 6 heteroatoms. The van der Waals surface area contributed by atoms with Crippen molar-refractivity contribution in [1.82, 2.24) is 5.32 Å². The molecule has 0 spiro atoms. The van der Waals surface area contributed by atoms with E-state index in [1.807, 2.05) is 11.8 Å². The molecule has 1 fully saturated rings. The molecule has 1 saturated heterocycles. The van der Waals surface area contributed by atoms with Gasteiger partial charge in [0.05, 0.1) is 5.56 Å². The van der Waals surface area contributed by atoms with Gasteiger partial charge in [0, 0.05) is 21.8 Å². The minimum atomic E-state index is -1.04. The number of carbonyl (C=O) groups is 2. The van der Waals surface area contributed by atoms with Gasteiger partial charge in [-0.3, -0.25) is 4.79 Å². The van der Waals surface area contributed by atoms with Crippen LogP contribution in [0.4, 0.5) is 0 Å². The number of thioether (sulfide) groups is 1. The fourth-order valence-electron chi connectivity index (χ4n) is 1.76. The number of halogens is 1. The second-order valence-corrected chi connectivity index (χ2v) is 6.13. The molecule has 1 atom stereocenters. The Bertz CT molecular complexity index is 486. The molecule has 0 bridgehead atoms. The molecule has 2 rings (SSSR count). The molecule has 96 valence electrons. The Balaban J connectivity index is 2.16. The highest BCUT2D eigenvalue weighted by molar-refractivity contribution is 9.10. The van der Waals surface area contributed by atoms with E-state index in [-0.39, 0.29) is 17.5 Å². The zero-order valence-corrected chi connectivity index (χ0v) is 11.9. The Morgan fingerprint density at radius 3 is 2.67 bits per heavy atom. The lowest BCUT2D eigenvalue weighted by atomic mass is 10.1. The van der Waals surface area contributed by atoms with E-state index in [0.29, 0.717) is 10.0 Å². The zero-order chi connectivity index (χ0) is 13.1. The fraction of sp³-hybridized carbons (Fsp3) is 0.333. The fourth-order valence-corrected chi connectivity index (χ4v) is 3.41. The molecular weight excluding hydrogens is 318 g/mol. The molecule has 18 heavy (non-hydrogen) atoms. The second-order valence-electron chi connectivity index (χ2n) is 4.07. The first kappa shape index (κ1) is 13.4. The third-order valence-electron chi connectivity index (χ3n) is 2.67. The Morgan fingerprint density at radius 1 is 1.33 bits per heavy atom. The molecule has 4 nitrogen and oxygen atoms in total. The van der Waals surface area contributed by atoms with Gasteiger partial charge in [0.25, 0.3) is 5.91 Å². The minimum absolute atomic E-state index is 0.107. The molecule has 1 amide bonds. The van der Waals surface area contributed by atoms with Gasteiger partial charge in [0.1, 0.15) is 0 Å². The van der Waals surface area contributed by atoms with E-state index in [9.17, 15) is 9.59 Å². The second kappa shape index (κ2) is 5.75. The number of hydrogen-bond acceptors (Lipinski definition) is 3. The summed E-state index contributed by atoms with van der Waals surface area (Å²) in [6, 6.07) is 4.69. The van der Waals surface area contributed by atoms with E-state index < -0.39 is 5.97 Å². The highest BCUT2D eigenvalue weighted by atomic mass is 79.9. The van der Waals surface area contributed by atoms with Gasteiger partial charge in [-0.15, -0.1) is 0 Å². The van der Waals surface area contributed by atoms with Crippen LogP contribution < -0.4 is 5.32 Å². The van der Waals surface area contributed by atoms with E-state index >= 15 is 0 Å². The van der Waals surface area contributed by atoms with Crippen molar-refractivity contribution in [2.45, 2.75) is 12.5 Å². The maximum Gasteiger partial charge on any atom is 0.335 e. The largest absolute Gasteiger partial charge is 0.478 e. The van der Waals surface area contributed by atoms with Crippen LogP contribution >= 0.6 is 27.7 Å². The molecule has 1 heterocycles. The molecule has 0 aromatic heterocycles. The lowest BCUT2D eigenvalue weighted by Gasteiger charge is -2.11. The summed E-state index contributed by atoms with van der Waals surface area (Å²) < 4.78 is 0.591. The lowest BCUT2D eigenvalue weighted by molar-refractivity contribution is 0.0697. The summed E-state index contributed by atoms with van der Waals surface area (Å²) in [5, 5.41) is 11.9. The van der Waals surface area contributed by atoms with Gasteiger partial charge in [-0.1, -0.05) is 15.9 Å². The molecule has 1 aromatic rings. The average molecular weight is 330 g/mol. The first-order valence-corrected chi connectivity index (χ1v) is 7.43. The van der Waals surface area contributed by atoms with Crippen molar-refractivity contribution in [3.8, 4) is 0 Å². The van der Waals surface area contributed by atoms with Crippen LogP contribution in [0.2, 0.25) is 0 Å². The maximum atomic E-state index is 12.0. The van der Waals surface area contributed by atoms with Crippen molar-refractivity contribution in [3.05, 3.63) is 33.8 Å². The summed E-state index contributed by atoms with van der Waals surface area (Å²) >= 11 is 5.03. The molecule has 0 aliphatic carbocycles. The Hall–Kier alpha value is -1.01. The van der Waals surface area contributed by atoms with Crippen LogP contribution in [0.3, 0.4) is 0 Å². The summed E-state index contributed by atoms with van der Waals surface area (Å²) in [6.07, 6.45) is 0.968. The number of carbonyl (C=O) groups excluding carboxylic acids is 1. The first-order valence-electron chi connectivity index (χ1n) is 5.49. The van der Waals surface area contributed by atoms with Crippen LogP contribution in [0.15, 0.2) is 22.7 Å². The molecule has 1 aromatic carbocycles.